The molecule has 5 rings (SSSR count). The van der Waals surface area contributed by atoms with Gasteiger partial charge in [-0.1, -0.05) is 6.07 Å². The summed E-state index contributed by atoms with van der Waals surface area (Å²) in [6.45, 7) is 5.23. The molecule has 3 fully saturated rings. The summed E-state index contributed by atoms with van der Waals surface area (Å²) in [4.78, 5) is 41.9. The Hall–Kier alpha value is -2.65. The van der Waals surface area contributed by atoms with E-state index >= 15 is 0 Å². The Morgan fingerprint density at radius 2 is 1.84 bits per heavy atom. The van der Waals surface area contributed by atoms with Crippen molar-refractivity contribution in [3.63, 3.8) is 0 Å². The van der Waals surface area contributed by atoms with Gasteiger partial charge in [0, 0.05) is 39.1 Å². The molecule has 9 nitrogen and oxygen atoms in total. The molecule has 32 heavy (non-hydrogen) atoms. The summed E-state index contributed by atoms with van der Waals surface area (Å²) in [7, 11) is 3.98. The second kappa shape index (κ2) is 8.37. The maximum atomic E-state index is 13.1. The fraction of sp³-hybridized carbons (Fsp3) is 0.609. The Kier molecular flexibility index (Phi) is 5.54. The van der Waals surface area contributed by atoms with Gasteiger partial charge in [-0.05, 0) is 57.5 Å². The summed E-state index contributed by atoms with van der Waals surface area (Å²) in [5.74, 6) is 0.0902. The monoisotopic (exact) mass is 440 g/mol. The van der Waals surface area contributed by atoms with Crippen LogP contribution in [0.2, 0.25) is 0 Å². The van der Waals surface area contributed by atoms with Gasteiger partial charge in [0.05, 0.1) is 16.7 Å². The fourth-order valence-electron chi connectivity index (χ4n) is 5.45. The lowest BCUT2D eigenvalue weighted by molar-refractivity contribution is -0.135. The first-order valence-electron chi connectivity index (χ1n) is 11.6. The Morgan fingerprint density at radius 3 is 2.56 bits per heavy atom. The van der Waals surface area contributed by atoms with Gasteiger partial charge in [0.2, 0.25) is 11.8 Å². The molecule has 1 unspecified atom stereocenters. The van der Waals surface area contributed by atoms with Gasteiger partial charge in [0.15, 0.2) is 0 Å². The number of nitrogens with one attached hydrogen (secondary N) is 2. The number of carbonyl (C=O) groups is 2. The first-order valence-corrected chi connectivity index (χ1v) is 11.6. The van der Waals surface area contributed by atoms with Gasteiger partial charge in [-0.15, -0.1) is 0 Å². The SMILES string of the molecule is CN(CC1CCNCC1)C1CN(c2cccc3c2n(C)c(=O)n3C2CCC(=O)NC2=O)C1. The molecule has 0 bridgehead atoms. The number of carbonyl (C=O) groups excluding carboxylic acids is 2. The summed E-state index contributed by atoms with van der Waals surface area (Å²) >= 11 is 0. The van der Waals surface area contributed by atoms with Crippen LogP contribution in [0.4, 0.5) is 5.69 Å². The van der Waals surface area contributed by atoms with Gasteiger partial charge < -0.3 is 10.2 Å². The first kappa shape index (κ1) is 21.2. The number of rotatable bonds is 5. The van der Waals surface area contributed by atoms with E-state index in [0.717, 1.165) is 55.4 Å². The molecule has 1 aromatic carbocycles. The van der Waals surface area contributed by atoms with Crippen LogP contribution in [-0.2, 0) is 16.6 Å². The second-order valence-corrected chi connectivity index (χ2v) is 9.52. The average Bonchev–Trinajstić information content (AvgIpc) is 2.99. The van der Waals surface area contributed by atoms with Crippen molar-refractivity contribution in [3.05, 3.63) is 28.7 Å². The summed E-state index contributed by atoms with van der Waals surface area (Å²) in [6, 6.07) is 5.75. The van der Waals surface area contributed by atoms with Crippen molar-refractivity contribution in [2.75, 3.05) is 44.7 Å². The molecule has 0 spiro atoms. The number of hydrogen-bond acceptors (Lipinski definition) is 6. The van der Waals surface area contributed by atoms with Crippen LogP contribution in [0.1, 0.15) is 31.7 Å². The zero-order valence-corrected chi connectivity index (χ0v) is 18.8. The number of aromatic nitrogens is 2. The summed E-state index contributed by atoms with van der Waals surface area (Å²) in [5.41, 5.74) is 2.40. The van der Waals surface area contributed by atoms with Crippen molar-refractivity contribution in [1.29, 1.82) is 0 Å². The predicted molar refractivity (Wildman–Crippen MR) is 123 cm³/mol. The number of imide groups is 1. The molecule has 2 N–H and O–H groups in total. The molecule has 0 aliphatic carbocycles. The van der Waals surface area contributed by atoms with Crippen LogP contribution in [0.15, 0.2) is 23.0 Å². The van der Waals surface area contributed by atoms with Gasteiger partial charge in [-0.2, -0.15) is 0 Å². The first-order chi connectivity index (χ1) is 15.4. The van der Waals surface area contributed by atoms with E-state index in [4.69, 9.17) is 0 Å². The smallest absolute Gasteiger partial charge is 0.329 e. The third kappa shape index (κ3) is 3.63. The molecular formula is C23H32N6O3. The highest BCUT2D eigenvalue weighted by atomic mass is 16.2. The summed E-state index contributed by atoms with van der Waals surface area (Å²) < 4.78 is 3.20. The largest absolute Gasteiger partial charge is 0.367 e. The molecule has 1 atom stereocenters. The minimum atomic E-state index is -0.653. The Bertz CT molecular complexity index is 1090. The highest BCUT2D eigenvalue weighted by Gasteiger charge is 2.35. The standard InChI is InChI=1S/C23H32N6O3/c1-26(12-15-8-10-24-11-9-15)16-13-28(14-16)17-4-3-5-18-21(17)27(2)23(32)29(18)19-6-7-20(30)25-22(19)31/h3-5,15-16,19,24H,6-14H2,1-2H3,(H,25,30,31). The number of amides is 2. The number of fused-ring (bicyclic) bond motifs is 1. The maximum Gasteiger partial charge on any atom is 0.329 e. The number of imidazole rings is 1. The van der Waals surface area contributed by atoms with Crippen molar-refractivity contribution >= 4 is 28.5 Å². The van der Waals surface area contributed by atoms with E-state index < -0.39 is 11.9 Å². The number of likely N-dealkylation sites (N-methyl/N-ethyl adjacent to an activating group) is 1. The molecule has 2 amide bonds. The molecule has 2 aromatic rings. The van der Waals surface area contributed by atoms with Crippen LogP contribution in [0.5, 0.6) is 0 Å². The maximum absolute atomic E-state index is 13.1. The van der Waals surface area contributed by atoms with Gasteiger partial charge >= 0.3 is 5.69 Å². The summed E-state index contributed by atoms with van der Waals surface area (Å²) in [5, 5.41) is 5.81. The normalized spacial score (nSPS) is 23.1. The van der Waals surface area contributed by atoms with Crippen molar-refractivity contribution in [2.45, 2.75) is 37.8 Å². The molecule has 0 radical (unpaired) electrons. The van der Waals surface area contributed by atoms with Crippen molar-refractivity contribution in [2.24, 2.45) is 13.0 Å². The minimum absolute atomic E-state index is 0.220. The van der Waals surface area contributed by atoms with Gasteiger partial charge in [-0.3, -0.25) is 28.9 Å². The van der Waals surface area contributed by atoms with Crippen LogP contribution < -0.4 is 21.2 Å². The van der Waals surface area contributed by atoms with E-state index in [1.807, 2.05) is 12.1 Å². The molecule has 3 saturated heterocycles. The van der Waals surface area contributed by atoms with Crippen molar-refractivity contribution in [1.82, 2.24) is 24.7 Å². The number of nitrogens with zero attached hydrogens (tertiary/aromatic N) is 4. The van der Waals surface area contributed by atoms with Crippen LogP contribution >= 0.6 is 0 Å². The van der Waals surface area contributed by atoms with E-state index in [2.05, 4.69) is 33.5 Å². The molecule has 9 heteroatoms. The van der Waals surface area contributed by atoms with Crippen LogP contribution in [0.3, 0.4) is 0 Å². The van der Waals surface area contributed by atoms with E-state index in [9.17, 15) is 14.4 Å². The molecule has 4 heterocycles. The molecule has 1 aromatic heterocycles. The third-order valence-corrected chi connectivity index (χ3v) is 7.43. The zero-order chi connectivity index (χ0) is 22.4. The molecule has 0 saturated carbocycles. The lowest BCUT2D eigenvalue weighted by Gasteiger charge is -2.46. The average molecular weight is 441 g/mol. The highest BCUT2D eigenvalue weighted by molar-refractivity contribution is 6.00. The van der Waals surface area contributed by atoms with Crippen LogP contribution in [0, 0.1) is 5.92 Å². The van der Waals surface area contributed by atoms with E-state index in [-0.39, 0.29) is 18.0 Å². The zero-order valence-electron chi connectivity index (χ0n) is 18.8. The molecular weight excluding hydrogens is 408 g/mol. The van der Waals surface area contributed by atoms with E-state index in [1.54, 1.807) is 16.2 Å². The Morgan fingerprint density at radius 1 is 1.09 bits per heavy atom. The number of piperidine rings is 2. The number of anilines is 1. The lowest BCUT2D eigenvalue weighted by atomic mass is 9.96. The second-order valence-electron chi connectivity index (χ2n) is 9.52. The number of para-hydroxylation sites is 1. The number of hydrogen-bond donors (Lipinski definition) is 2. The van der Waals surface area contributed by atoms with Gasteiger partial charge in [0.1, 0.15) is 6.04 Å². The number of benzene rings is 1. The van der Waals surface area contributed by atoms with Crippen LogP contribution in [0.25, 0.3) is 11.0 Å². The number of aryl methyl sites for hydroxylation is 1. The molecule has 3 aliphatic heterocycles. The van der Waals surface area contributed by atoms with Gasteiger partial charge in [0.25, 0.3) is 0 Å². The molecule has 3 aliphatic rings. The topological polar surface area (TPSA) is 91.6 Å². The highest BCUT2D eigenvalue weighted by Crippen LogP contribution is 2.33. The predicted octanol–water partition coefficient (Wildman–Crippen LogP) is 0.438. The third-order valence-electron chi connectivity index (χ3n) is 7.43. The minimum Gasteiger partial charge on any atom is -0.367 e. The fourth-order valence-corrected chi connectivity index (χ4v) is 5.45. The van der Waals surface area contributed by atoms with E-state index in [1.165, 1.54) is 12.8 Å². The Labute approximate surface area is 187 Å². The van der Waals surface area contributed by atoms with Crippen molar-refractivity contribution < 1.29 is 9.59 Å². The quantitative estimate of drug-likeness (QED) is 0.656. The van der Waals surface area contributed by atoms with E-state index in [0.29, 0.717) is 12.5 Å². The lowest BCUT2D eigenvalue weighted by Crippen LogP contribution is -2.59. The van der Waals surface area contributed by atoms with Gasteiger partial charge in [-0.25, -0.2) is 4.79 Å². The Balaban J connectivity index is 1.36. The van der Waals surface area contributed by atoms with Crippen molar-refractivity contribution in [3.8, 4) is 0 Å². The molecule has 172 valence electrons. The summed E-state index contributed by atoms with van der Waals surface area (Å²) in [6.07, 6.45) is 3.09. The van der Waals surface area contributed by atoms with Crippen LogP contribution in [-0.4, -0.2) is 71.7 Å².